The van der Waals surface area contributed by atoms with Gasteiger partial charge in [0.2, 0.25) is 5.13 Å². The van der Waals surface area contributed by atoms with Crippen molar-refractivity contribution >= 4 is 34.1 Å². The number of anilines is 1. The van der Waals surface area contributed by atoms with Gasteiger partial charge < -0.3 is 4.74 Å². The van der Waals surface area contributed by atoms with E-state index in [1.54, 1.807) is 18.7 Å². The summed E-state index contributed by atoms with van der Waals surface area (Å²) in [6, 6.07) is 6.08. The first kappa shape index (κ1) is 18.7. The molecule has 0 radical (unpaired) electrons. The number of carbonyl (C=O) groups excluding carboxylic acids is 1. The molecule has 1 atom stereocenters. The number of carbonyl (C=O) groups is 1. The minimum absolute atomic E-state index is 0.226. The number of nitrogens with zero attached hydrogens (tertiary/aromatic N) is 2. The standard InChI is InChI=1S/C17H23N3O2S2/c1-6-23-17-20-19-16(24-17)18-15(21)12(5)22-14-9-11(4)7-8-13(14)10(2)3/h7-10,12H,6H2,1-5H3,(H,18,19,21)/t12-/m0/s1. The highest BCUT2D eigenvalue weighted by Crippen LogP contribution is 2.29. The lowest BCUT2D eigenvalue weighted by Gasteiger charge is -2.18. The van der Waals surface area contributed by atoms with E-state index in [4.69, 9.17) is 4.74 Å². The van der Waals surface area contributed by atoms with Crippen LogP contribution in [0.15, 0.2) is 22.5 Å². The van der Waals surface area contributed by atoms with Crippen molar-refractivity contribution in [2.24, 2.45) is 0 Å². The zero-order chi connectivity index (χ0) is 17.7. The molecule has 130 valence electrons. The zero-order valence-electron chi connectivity index (χ0n) is 14.6. The molecule has 1 heterocycles. The fourth-order valence-electron chi connectivity index (χ4n) is 2.11. The van der Waals surface area contributed by atoms with Crippen LogP contribution in [-0.4, -0.2) is 28.0 Å². The predicted molar refractivity (Wildman–Crippen MR) is 100 cm³/mol. The van der Waals surface area contributed by atoms with Crippen molar-refractivity contribution in [2.75, 3.05) is 11.1 Å². The summed E-state index contributed by atoms with van der Waals surface area (Å²) in [7, 11) is 0. The van der Waals surface area contributed by atoms with E-state index in [-0.39, 0.29) is 5.91 Å². The number of benzene rings is 1. The monoisotopic (exact) mass is 365 g/mol. The van der Waals surface area contributed by atoms with E-state index in [1.807, 2.05) is 19.9 Å². The first-order valence-corrected chi connectivity index (χ1v) is 9.75. The smallest absolute Gasteiger partial charge is 0.266 e. The Bertz CT molecular complexity index is 701. The Morgan fingerprint density at radius 3 is 2.75 bits per heavy atom. The largest absolute Gasteiger partial charge is 0.481 e. The van der Waals surface area contributed by atoms with Gasteiger partial charge in [-0.15, -0.1) is 10.2 Å². The summed E-state index contributed by atoms with van der Waals surface area (Å²) in [6.07, 6.45) is -0.615. The highest BCUT2D eigenvalue weighted by atomic mass is 32.2. The van der Waals surface area contributed by atoms with Crippen LogP contribution in [0.3, 0.4) is 0 Å². The summed E-state index contributed by atoms with van der Waals surface area (Å²) in [5.41, 5.74) is 2.20. The molecule has 0 unspecified atom stereocenters. The summed E-state index contributed by atoms with van der Waals surface area (Å²) in [5.74, 6) is 1.78. The van der Waals surface area contributed by atoms with Gasteiger partial charge in [-0.2, -0.15) is 0 Å². The van der Waals surface area contributed by atoms with Crippen LogP contribution in [0.5, 0.6) is 5.75 Å². The minimum Gasteiger partial charge on any atom is -0.481 e. The van der Waals surface area contributed by atoms with E-state index in [2.05, 4.69) is 41.5 Å². The Morgan fingerprint density at radius 1 is 1.33 bits per heavy atom. The highest BCUT2D eigenvalue weighted by molar-refractivity contribution is 8.01. The average Bonchev–Trinajstić information content (AvgIpc) is 2.94. The van der Waals surface area contributed by atoms with Gasteiger partial charge in [0.25, 0.3) is 5.91 Å². The van der Waals surface area contributed by atoms with E-state index in [0.29, 0.717) is 11.0 Å². The van der Waals surface area contributed by atoms with Crippen LogP contribution in [0.2, 0.25) is 0 Å². The van der Waals surface area contributed by atoms with Crippen molar-refractivity contribution in [3.63, 3.8) is 0 Å². The maximum absolute atomic E-state index is 12.3. The van der Waals surface area contributed by atoms with Crippen LogP contribution < -0.4 is 10.1 Å². The molecule has 0 saturated heterocycles. The Hall–Kier alpha value is -1.60. The van der Waals surface area contributed by atoms with Crippen molar-refractivity contribution in [3.05, 3.63) is 29.3 Å². The zero-order valence-corrected chi connectivity index (χ0v) is 16.3. The average molecular weight is 366 g/mol. The maximum atomic E-state index is 12.3. The van der Waals surface area contributed by atoms with E-state index in [0.717, 1.165) is 27.0 Å². The Labute approximate surface area is 151 Å². The number of aryl methyl sites for hydroxylation is 1. The van der Waals surface area contributed by atoms with Crippen molar-refractivity contribution in [1.29, 1.82) is 0 Å². The fourth-order valence-corrected chi connectivity index (χ4v) is 3.77. The van der Waals surface area contributed by atoms with E-state index >= 15 is 0 Å². The topological polar surface area (TPSA) is 64.1 Å². The molecular weight excluding hydrogens is 342 g/mol. The maximum Gasteiger partial charge on any atom is 0.266 e. The van der Waals surface area contributed by atoms with E-state index in [1.165, 1.54) is 11.3 Å². The quantitative estimate of drug-likeness (QED) is 0.578. The summed E-state index contributed by atoms with van der Waals surface area (Å²) < 4.78 is 6.76. The van der Waals surface area contributed by atoms with E-state index < -0.39 is 6.10 Å². The van der Waals surface area contributed by atoms with Crippen molar-refractivity contribution in [2.45, 2.75) is 51.0 Å². The lowest BCUT2D eigenvalue weighted by Crippen LogP contribution is -2.30. The normalized spacial score (nSPS) is 12.2. The second-order valence-corrected chi connectivity index (χ2v) is 8.24. The highest BCUT2D eigenvalue weighted by Gasteiger charge is 2.19. The van der Waals surface area contributed by atoms with Gasteiger partial charge in [0, 0.05) is 0 Å². The van der Waals surface area contributed by atoms with Gasteiger partial charge in [0.15, 0.2) is 10.4 Å². The lowest BCUT2D eigenvalue weighted by molar-refractivity contribution is -0.122. The minimum atomic E-state index is -0.615. The number of aromatic nitrogens is 2. The van der Waals surface area contributed by atoms with Gasteiger partial charge in [0.1, 0.15) is 5.75 Å². The second-order valence-electron chi connectivity index (χ2n) is 5.75. The number of nitrogens with one attached hydrogen (secondary N) is 1. The molecule has 0 aliphatic carbocycles. The van der Waals surface area contributed by atoms with Gasteiger partial charge in [-0.25, -0.2) is 0 Å². The molecule has 0 spiro atoms. The first-order valence-electron chi connectivity index (χ1n) is 7.95. The summed E-state index contributed by atoms with van der Waals surface area (Å²) in [4.78, 5) is 12.3. The summed E-state index contributed by atoms with van der Waals surface area (Å²) in [6.45, 7) is 10.0. The molecule has 0 bridgehead atoms. The van der Waals surface area contributed by atoms with Gasteiger partial charge >= 0.3 is 0 Å². The predicted octanol–water partition coefficient (Wildman–Crippen LogP) is 4.49. The first-order chi connectivity index (χ1) is 11.4. The molecule has 0 aliphatic rings. The molecule has 2 aromatic rings. The van der Waals surface area contributed by atoms with Gasteiger partial charge in [-0.3, -0.25) is 10.1 Å². The van der Waals surface area contributed by atoms with Gasteiger partial charge in [-0.05, 0) is 42.7 Å². The van der Waals surface area contributed by atoms with Crippen molar-refractivity contribution < 1.29 is 9.53 Å². The molecule has 5 nitrogen and oxygen atoms in total. The molecule has 0 aliphatic heterocycles. The van der Waals surface area contributed by atoms with Crippen LogP contribution in [0.25, 0.3) is 0 Å². The molecular formula is C17H23N3O2S2. The fraction of sp³-hybridized carbons (Fsp3) is 0.471. The SMILES string of the molecule is CCSc1nnc(NC(=O)[C@H](C)Oc2cc(C)ccc2C(C)C)s1. The number of hydrogen-bond donors (Lipinski definition) is 1. The molecule has 1 aromatic heterocycles. The van der Waals surface area contributed by atoms with Gasteiger partial charge in [0.05, 0.1) is 0 Å². The molecule has 0 saturated carbocycles. The Kier molecular flexibility index (Phi) is 6.62. The molecule has 24 heavy (non-hydrogen) atoms. The molecule has 1 amide bonds. The number of rotatable bonds is 7. The molecule has 7 heteroatoms. The molecule has 1 N–H and O–H groups in total. The lowest BCUT2D eigenvalue weighted by atomic mass is 10.0. The molecule has 1 aromatic carbocycles. The van der Waals surface area contributed by atoms with E-state index in [9.17, 15) is 4.79 Å². The molecule has 2 rings (SSSR count). The van der Waals surface area contributed by atoms with Crippen LogP contribution in [0.4, 0.5) is 5.13 Å². The molecule has 0 fully saturated rings. The number of amides is 1. The Balaban J connectivity index is 2.04. The third-order valence-electron chi connectivity index (χ3n) is 3.37. The summed E-state index contributed by atoms with van der Waals surface area (Å²) in [5, 5.41) is 11.3. The number of hydrogen-bond acceptors (Lipinski definition) is 6. The van der Waals surface area contributed by atoms with Gasteiger partial charge in [-0.1, -0.05) is 56.0 Å². The summed E-state index contributed by atoms with van der Waals surface area (Å²) >= 11 is 2.98. The van der Waals surface area contributed by atoms with Crippen LogP contribution >= 0.6 is 23.1 Å². The third-order valence-corrected chi connectivity index (χ3v) is 5.22. The van der Waals surface area contributed by atoms with Crippen LogP contribution in [0, 0.1) is 6.92 Å². The van der Waals surface area contributed by atoms with Crippen LogP contribution in [0.1, 0.15) is 44.7 Å². The number of ether oxygens (including phenoxy) is 1. The number of thioether (sulfide) groups is 1. The second kappa shape index (κ2) is 8.48. The van der Waals surface area contributed by atoms with Crippen molar-refractivity contribution in [1.82, 2.24) is 10.2 Å². The Morgan fingerprint density at radius 2 is 2.08 bits per heavy atom. The van der Waals surface area contributed by atoms with Crippen LogP contribution in [-0.2, 0) is 4.79 Å². The third kappa shape index (κ3) is 4.95. The van der Waals surface area contributed by atoms with Crippen molar-refractivity contribution in [3.8, 4) is 5.75 Å².